The molecule has 0 N–H and O–H groups in total. The van der Waals surface area contributed by atoms with Gasteiger partial charge in [0.1, 0.15) is 0 Å². The number of benzene rings is 1. The van der Waals surface area contributed by atoms with Crippen LogP contribution in [0.15, 0.2) is 52.2 Å². The zero-order chi connectivity index (χ0) is 12.1. The molecule has 0 aliphatic heterocycles. The van der Waals surface area contributed by atoms with Crippen LogP contribution in [-0.2, 0) is 10.5 Å². The van der Waals surface area contributed by atoms with E-state index in [1.165, 1.54) is 0 Å². The van der Waals surface area contributed by atoms with E-state index in [9.17, 15) is 0 Å². The quantitative estimate of drug-likeness (QED) is 0.753. The summed E-state index contributed by atoms with van der Waals surface area (Å²) in [6.45, 7) is 1.96. The summed E-state index contributed by atoms with van der Waals surface area (Å²) in [6.07, 6.45) is 1.85. The van der Waals surface area contributed by atoms with Gasteiger partial charge in [-0.05, 0) is 23.8 Å². The van der Waals surface area contributed by atoms with Crippen LogP contribution in [-0.4, -0.2) is 13.3 Å². The third-order valence-electron chi connectivity index (χ3n) is 2.71. The van der Waals surface area contributed by atoms with Crippen LogP contribution in [0.4, 0.5) is 0 Å². The SMILES string of the molecule is CO[C@](C)(N=Cc1ccsc1)c1ccccc1. The Bertz CT molecular complexity index is 478. The summed E-state index contributed by atoms with van der Waals surface area (Å²) in [6, 6.07) is 12.1. The number of ether oxygens (including phenoxy) is 1. The van der Waals surface area contributed by atoms with Gasteiger partial charge in [0.15, 0.2) is 5.72 Å². The zero-order valence-electron chi connectivity index (χ0n) is 9.96. The molecule has 0 fully saturated rings. The van der Waals surface area contributed by atoms with Crippen molar-refractivity contribution in [1.29, 1.82) is 0 Å². The molecule has 2 rings (SSSR count). The molecule has 0 amide bonds. The van der Waals surface area contributed by atoms with Crippen molar-refractivity contribution in [1.82, 2.24) is 0 Å². The monoisotopic (exact) mass is 245 g/mol. The average Bonchev–Trinajstić information content (AvgIpc) is 2.90. The molecule has 0 unspecified atom stereocenters. The van der Waals surface area contributed by atoms with Gasteiger partial charge in [0, 0.05) is 24.5 Å². The predicted molar refractivity (Wildman–Crippen MR) is 72.7 cm³/mol. The van der Waals surface area contributed by atoms with E-state index < -0.39 is 5.72 Å². The topological polar surface area (TPSA) is 21.6 Å². The summed E-state index contributed by atoms with van der Waals surface area (Å²) in [5, 5.41) is 4.10. The van der Waals surface area contributed by atoms with Crippen LogP contribution in [0, 0.1) is 0 Å². The lowest BCUT2D eigenvalue weighted by Crippen LogP contribution is -2.21. The minimum atomic E-state index is -0.622. The second kappa shape index (κ2) is 5.25. The minimum Gasteiger partial charge on any atom is -0.353 e. The van der Waals surface area contributed by atoms with Crippen molar-refractivity contribution in [3.63, 3.8) is 0 Å². The largest absolute Gasteiger partial charge is 0.353 e. The molecule has 0 bridgehead atoms. The van der Waals surface area contributed by atoms with Crippen LogP contribution < -0.4 is 0 Å². The van der Waals surface area contributed by atoms with Crippen LogP contribution in [0.2, 0.25) is 0 Å². The summed E-state index contributed by atoms with van der Waals surface area (Å²) in [5.74, 6) is 0. The first-order valence-electron chi connectivity index (χ1n) is 5.43. The molecule has 17 heavy (non-hydrogen) atoms. The van der Waals surface area contributed by atoms with Gasteiger partial charge in [0.25, 0.3) is 0 Å². The first kappa shape index (κ1) is 12.0. The lowest BCUT2D eigenvalue weighted by Gasteiger charge is -2.23. The van der Waals surface area contributed by atoms with Crippen LogP contribution in [0.25, 0.3) is 0 Å². The fraction of sp³-hybridized carbons (Fsp3) is 0.214. The van der Waals surface area contributed by atoms with E-state index in [4.69, 9.17) is 4.74 Å². The molecule has 2 aromatic rings. The molecule has 0 saturated carbocycles. The maximum absolute atomic E-state index is 5.53. The van der Waals surface area contributed by atoms with Gasteiger partial charge in [-0.15, -0.1) is 0 Å². The molecule has 1 aromatic heterocycles. The fourth-order valence-electron chi connectivity index (χ4n) is 1.54. The summed E-state index contributed by atoms with van der Waals surface area (Å²) >= 11 is 1.66. The smallest absolute Gasteiger partial charge is 0.181 e. The predicted octanol–water partition coefficient (Wildman–Crippen LogP) is 3.69. The molecule has 1 heterocycles. The standard InChI is InChI=1S/C14H15NOS/c1-14(16-2,13-6-4-3-5-7-13)15-10-12-8-9-17-11-12/h3-11H,1-2H3/t14-/m0/s1. The minimum absolute atomic E-state index is 0.622. The molecule has 3 heteroatoms. The van der Waals surface area contributed by atoms with Gasteiger partial charge in [-0.25, -0.2) is 0 Å². The number of aliphatic imine (C=N–C) groups is 1. The molecule has 0 saturated heterocycles. The molecule has 1 atom stereocenters. The van der Waals surface area contributed by atoms with Crippen molar-refractivity contribution in [2.45, 2.75) is 12.6 Å². The number of methoxy groups -OCH3 is 1. The van der Waals surface area contributed by atoms with Crippen LogP contribution in [0.1, 0.15) is 18.1 Å². The van der Waals surface area contributed by atoms with Gasteiger partial charge in [-0.1, -0.05) is 30.3 Å². The molecule has 0 aliphatic rings. The van der Waals surface area contributed by atoms with Crippen molar-refractivity contribution < 1.29 is 4.74 Å². The fourth-order valence-corrected chi connectivity index (χ4v) is 2.15. The van der Waals surface area contributed by atoms with Crippen LogP contribution in [0.3, 0.4) is 0 Å². The normalized spacial score (nSPS) is 14.9. The first-order chi connectivity index (χ1) is 8.24. The number of hydrogen-bond acceptors (Lipinski definition) is 3. The average molecular weight is 245 g/mol. The lowest BCUT2D eigenvalue weighted by atomic mass is 10.1. The zero-order valence-corrected chi connectivity index (χ0v) is 10.8. The Morgan fingerprint density at radius 2 is 2.00 bits per heavy atom. The third-order valence-corrected chi connectivity index (χ3v) is 3.41. The molecule has 88 valence electrons. The Kier molecular flexibility index (Phi) is 3.71. The summed E-state index contributed by atoms with van der Waals surface area (Å²) < 4.78 is 5.53. The van der Waals surface area contributed by atoms with Gasteiger partial charge in [-0.3, -0.25) is 4.99 Å². The van der Waals surface area contributed by atoms with E-state index in [0.717, 1.165) is 11.1 Å². The van der Waals surface area contributed by atoms with Crippen molar-refractivity contribution in [2.75, 3.05) is 7.11 Å². The number of thiophene rings is 1. The Morgan fingerprint density at radius 1 is 1.24 bits per heavy atom. The van der Waals surface area contributed by atoms with Gasteiger partial charge in [0.2, 0.25) is 0 Å². The van der Waals surface area contributed by atoms with Crippen LogP contribution in [0.5, 0.6) is 0 Å². The van der Waals surface area contributed by atoms with Crippen LogP contribution >= 0.6 is 11.3 Å². The summed E-state index contributed by atoms with van der Waals surface area (Å²) in [7, 11) is 1.68. The Morgan fingerprint density at radius 3 is 2.59 bits per heavy atom. The van der Waals surface area contributed by atoms with E-state index in [1.54, 1.807) is 18.4 Å². The molecule has 0 spiro atoms. The Labute approximate surface area is 106 Å². The maximum atomic E-state index is 5.53. The number of rotatable bonds is 4. The Balaban J connectivity index is 2.26. The van der Waals surface area contributed by atoms with Gasteiger partial charge in [0.05, 0.1) is 0 Å². The van der Waals surface area contributed by atoms with E-state index >= 15 is 0 Å². The van der Waals surface area contributed by atoms with Gasteiger partial charge < -0.3 is 4.74 Å². The highest BCUT2D eigenvalue weighted by molar-refractivity contribution is 7.08. The van der Waals surface area contributed by atoms with Crippen molar-refractivity contribution in [2.24, 2.45) is 4.99 Å². The highest BCUT2D eigenvalue weighted by Crippen LogP contribution is 2.25. The molecule has 0 radical (unpaired) electrons. The second-order valence-corrected chi connectivity index (χ2v) is 4.65. The highest BCUT2D eigenvalue weighted by Gasteiger charge is 2.23. The third kappa shape index (κ3) is 2.81. The molecular formula is C14H15NOS. The lowest BCUT2D eigenvalue weighted by molar-refractivity contribution is 0.0107. The molecule has 2 nitrogen and oxygen atoms in total. The van der Waals surface area contributed by atoms with Crippen molar-refractivity contribution in [3.8, 4) is 0 Å². The number of nitrogens with zero attached hydrogens (tertiary/aromatic N) is 1. The van der Waals surface area contributed by atoms with E-state index in [1.807, 2.05) is 54.9 Å². The van der Waals surface area contributed by atoms with Gasteiger partial charge in [-0.2, -0.15) is 11.3 Å². The Hall–Kier alpha value is -1.45. The molecular weight excluding hydrogens is 230 g/mol. The molecule has 1 aromatic carbocycles. The summed E-state index contributed by atoms with van der Waals surface area (Å²) in [5.41, 5.74) is 1.53. The number of hydrogen-bond donors (Lipinski definition) is 0. The molecule has 0 aliphatic carbocycles. The first-order valence-corrected chi connectivity index (χ1v) is 6.37. The van der Waals surface area contributed by atoms with Crippen molar-refractivity contribution >= 4 is 17.6 Å². The van der Waals surface area contributed by atoms with E-state index in [2.05, 4.69) is 10.4 Å². The highest BCUT2D eigenvalue weighted by atomic mass is 32.1. The second-order valence-electron chi connectivity index (χ2n) is 3.87. The summed E-state index contributed by atoms with van der Waals surface area (Å²) in [4.78, 5) is 4.55. The van der Waals surface area contributed by atoms with E-state index in [-0.39, 0.29) is 0 Å². The van der Waals surface area contributed by atoms with Gasteiger partial charge >= 0.3 is 0 Å². The van der Waals surface area contributed by atoms with E-state index in [0.29, 0.717) is 0 Å². The van der Waals surface area contributed by atoms with Crippen molar-refractivity contribution in [3.05, 3.63) is 58.3 Å². The maximum Gasteiger partial charge on any atom is 0.181 e.